The molecule has 0 spiro atoms. The molecule has 1 aliphatic rings. The highest BCUT2D eigenvalue weighted by molar-refractivity contribution is 6.08. The Kier molecular flexibility index (Phi) is 4.54. The van der Waals surface area contributed by atoms with Crippen LogP contribution in [-0.2, 0) is 10.2 Å². The number of halogens is 3. The molecule has 0 saturated carbocycles. The van der Waals surface area contributed by atoms with Gasteiger partial charge in [-0.2, -0.15) is 0 Å². The molecule has 0 fully saturated rings. The fraction of sp³-hybridized carbons (Fsp3) is 0.316. The van der Waals surface area contributed by atoms with Crippen LogP contribution >= 0.6 is 0 Å². The number of aliphatic hydroxyl groups is 1. The summed E-state index contributed by atoms with van der Waals surface area (Å²) < 4.78 is 42.1. The standard InChI is InChI=1S/C19H19F3N2O2/c1-19(2)13-4-3-5-14(22)17(13)24(18(19)26)16(15(25)9-23)10-6-11(20)8-12(21)7-10/h3-8,15-16,25H,9,23H2,1-2H3/t15?,16-/m0/s1. The monoisotopic (exact) mass is 364 g/mol. The highest BCUT2D eigenvalue weighted by Crippen LogP contribution is 2.47. The van der Waals surface area contributed by atoms with Crippen LogP contribution in [0, 0.1) is 17.5 Å². The molecule has 0 bridgehead atoms. The van der Waals surface area contributed by atoms with Gasteiger partial charge in [0.25, 0.3) is 0 Å². The van der Waals surface area contributed by atoms with Crippen LogP contribution in [0.25, 0.3) is 0 Å². The first-order valence-electron chi connectivity index (χ1n) is 8.15. The van der Waals surface area contributed by atoms with Gasteiger partial charge in [-0.05, 0) is 43.2 Å². The van der Waals surface area contributed by atoms with Crippen LogP contribution in [0.2, 0.25) is 0 Å². The van der Waals surface area contributed by atoms with Gasteiger partial charge in [0, 0.05) is 12.6 Å². The van der Waals surface area contributed by atoms with E-state index >= 15 is 0 Å². The second-order valence-corrected chi connectivity index (χ2v) is 6.89. The van der Waals surface area contributed by atoms with Crippen molar-refractivity contribution in [3.05, 3.63) is 65.0 Å². The summed E-state index contributed by atoms with van der Waals surface area (Å²) in [5.41, 5.74) is 4.93. The summed E-state index contributed by atoms with van der Waals surface area (Å²) >= 11 is 0. The van der Waals surface area contributed by atoms with Crippen molar-refractivity contribution in [1.29, 1.82) is 0 Å². The molecule has 3 N–H and O–H groups in total. The van der Waals surface area contributed by atoms with Crippen LogP contribution < -0.4 is 10.6 Å². The van der Waals surface area contributed by atoms with Gasteiger partial charge in [-0.15, -0.1) is 0 Å². The summed E-state index contributed by atoms with van der Waals surface area (Å²) in [6.45, 7) is 2.98. The first-order chi connectivity index (χ1) is 12.2. The molecule has 1 heterocycles. The van der Waals surface area contributed by atoms with Crippen LogP contribution in [0.1, 0.15) is 31.0 Å². The lowest BCUT2D eigenvalue weighted by molar-refractivity contribution is -0.123. The molecule has 7 heteroatoms. The quantitative estimate of drug-likeness (QED) is 0.877. The topological polar surface area (TPSA) is 66.6 Å². The fourth-order valence-electron chi connectivity index (χ4n) is 3.47. The smallest absolute Gasteiger partial charge is 0.237 e. The molecule has 4 nitrogen and oxygen atoms in total. The van der Waals surface area contributed by atoms with Gasteiger partial charge in [-0.25, -0.2) is 13.2 Å². The van der Waals surface area contributed by atoms with E-state index in [1.54, 1.807) is 19.9 Å². The zero-order valence-corrected chi connectivity index (χ0v) is 14.3. The molecule has 3 rings (SSSR count). The van der Waals surface area contributed by atoms with Gasteiger partial charge >= 0.3 is 0 Å². The van der Waals surface area contributed by atoms with Crippen LogP contribution in [-0.4, -0.2) is 23.7 Å². The number of amides is 1. The minimum Gasteiger partial charge on any atom is -0.389 e. The minimum absolute atomic E-state index is 0.000651. The molecule has 138 valence electrons. The summed E-state index contributed by atoms with van der Waals surface area (Å²) in [5, 5.41) is 10.4. The third-order valence-corrected chi connectivity index (χ3v) is 4.77. The van der Waals surface area contributed by atoms with E-state index < -0.39 is 40.9 Å². The van der Waals surface area contributed by atoms with Crippen molar-refractivity contribution in [2.45, 2.75) is 31.4 Å². The Bertz CT molecular complexity index is 850. The van der Waals surface area contributed by atoms with E-state index in [0.29, 0.717) is 11.6 Å². The first-order valence-corrected chi connectivity index (χ1v) is 8.15. The molecule has 0 radical (unpaired) electrons. The molecule has 1 unspecified atom stereocenters. The second-order valence-electron chi connectivity index (χ2n) is 6.89. The molecular weight excluding hydrogens is 345 g/mol. The van der Waals surface area contributed by atoms with E-state index in [2.05, 4.69) is 0 Å². The lowest BCUT2D eigenvalue weighted by atomic mass is 9.86. The first kappa shape index (κ1) is 18.4. The van der Waals surface area contributed by atoms with Crippen molar-refractivity contribution < 1.29 is 23.1 Å². The van der Waals surface area contributed by atoms with Crippen molar-refractivity contribution in [2.75, 3.05) is 11.4 Å². The number of hydrogen-bond acceptors (Lipinski definition) is 3. The Morgan fingerprint density at radius 1 is 1.15 bits per heavy atom. The fourth-order valence-corrected chi connectivity index (χ4v) is 3.47. The largest absolute Gasteiger partial charge is 0.389 e. The van der Waals surface area contributed by atoms with Crippen LogP contribution in [0.5, 0.6) is 0 Å². The molecule has 1 amide bonds. The summed E-state index contributed by atoms with van der Waals surface area (Å²) in [6, 6.07) is 5.77. The SMILES string of the molecule is CC1(C)C(=O)N([C@@H](c2cc(F)cc(F)c2)C(O)CN)c2c(F)cccc21. The number of carbonyl (C=O) groups is 1. The van der Waals surface area contributed by atoms with E-state index in [1.807, 2.05) is 0 Å². The van der Waals surface area contributed by atoms with Gasteiger partial charge in [-0.1, -0.05) is 12.1 Å². The number of benzene rings is 2. The van der Waals surface area contributed by atoms with Gasteiger partial charge in [0.15, 0.2) is 0 Å². The summed E-state index contributed by atoms with van der Waals surface area (Å²) in [5.74, 6) is -2.88. The summed E-state index contributed by atoms with van der Waals surface area (Å²) in [6.07, 6.45) is -1.35. The third-order valence-electron chi connectivity index (χ3n) is 4.77. The molecule has 2 aromatic rings. The van der Waals surface area contributed by atoms with E-state index in [9.17, 15) is 23.1 Å². The van der Waals surface area contributed by atoms with E-state index in [1.165, 1.54) is 12.1 Å². The number of fused-ring (bicyclic) bond motifs is 1. The highest BCUT2D eigenvalue weighted by Gasteiger charge is 2.49. The number of nitrogens with two attached hydrogens (primary N) is 1. The third kappa shape index (κ3) is 2.77. The average Bonchev–Trinajstić information content (AvgIpc) is 2.76. The molecule has 2 atom stereocenters. The number of nitrogens with zero attached hydrogens (tertiary/aromatic N) is 1. The van der Waals surface area contributed by atoms with Crippen molar-refractivity contribution in [2.24, 2.45) is 5.73 Å². The molecule has 0 aliphatic carbocycles. The maximum atomic E-state index is 14.6. The Hall–Kier alpha value is -2.38. The van der Waals surface area contributed by atoms with Crippen LogP contribution in [0.4, 0.5) is 18.9 Å². The molecule has 2 aromatic carbocycles. The number of carbonyl (C=O) groups excluding carboxylic acids is 1. The highest BCUT2D eigenvalue weighted by atomic mass is 19.1. The molecule has 0 aromatic heterocycles. The van der Waals surface area contributed by atoms with Gasteiger partial charge in [0.05, 0.1) is 23.2 Å². The Morgan fingerprint density at radius 3 is 2.35 bits per heavy atom. The number of anilines is 1. The van der Waals surface area contributed by atoms with Crippen LogP contribution in [0.3, 0.4) is 0 Å². The van der Waals surface area contributed by atoms with Gasteiger partial charge in [-0.3, -0.25) is 9.69 Å². The predicted molar refractivity (Wildman–Crippen MR) is 91.1 cm³/mol. The van der Waals surface area contributed by atoms with Crippen molar-refractivity contribution in [1.82, 2.24) is 0 Å². The van der Waals surface area contributed by atoms with Gasteiger partial charge in [0.2, 0.25) is 5.91 Å². The Morgan fingerprint density at radius 2 is 1.77 bits per heavy atom. The summed E-state index contributed by atoms with van der Waals surface area (Å²) in [7, 11) is 0. The summed E-state index contributed by atoms with van der Waals surface area (Å²) in [4.78, 5) is 14.1. The molecule has 1 aliphatic heterocycles. The maximum Gasteiger partial charge on any atom is 0.237 e. The second kappa shape index (κ2) is 6.41. The number of aliphatic hydroxyl groups excluding tert-OH is 1. The number of hydrogen-bond donors (Lipinski definition) is 2. The zero-order chi connectivity index (χ0) is 19.2. The van der Waals surface area contributed by atoms with E-state index in [4.69, 9.17) is 5.73 Å². The number of rotatable bonds is 4. The predicted octanol–water partition coefficient (Wildman–Crippen LogP) is 2.79. The lowest BCUT2D eigenvalue weighted by Gasteiger charge is -2.33. The van der Waals surface area contributed by atoms with Crippen LogP contribution in [0.15, 0.2) is 36.4 Å². The molecule has 26 heavy (non-hydrogen) atoms. The van der Waals surface area contributed by atoms with Gasteiger partial charge in [0.1, 0.15) is 17.5 Å². The van der Waals surface area contributed by atoms with Crippen molar-refractivity contribution >= 4 is 11.6 Å². The Balaban J connectivity index is 2.24. The van der Waals surface area contributed by atoms with Crippen molar-refractivity contribution in [3.63, 3.8) is 0 Å². The normalized spacial score (nSPS) is 18.0. The maximum absolute atomic E-state index is 14.6. The van der Waals surface area contributed by atoms with Crippen molar-refractivity contribution in [3.8, 4) is 0 Å². The van der Waals surface area contributed by atoms with Gasteiger partial charge < -0.3 is 10.8 Å². The van der Waals surface area contributed by atoms with E-state index in [-0.39, 0.29) is 17.8 Å². The average molecular weight is 364 g/mol. The lowest BCUT2D eigenvalue weighted by Crippen LogP contribution is -2.45. The Labute approximate surface area is 149 Å². The number of para-hydroxylation sites is 1. The zero-order valence-electron chi connectivity index (χ0n) is 14.3. The molecule has 0 saturated heterocycles. The van der Waals surface area contributed by atoms with E-state index in [0.717, 1.165) is 17.0 Å². The minimum atomic E-state index is -1.35. The molecular formula is C19H19F3N2O2.